The van der Waals surface area contributed by atoms with Crippen molar-refractivity contribution in [1.29, 1.82) is 0 Å². The van der Waals surface area contributed by atoms with Crippen LogP contribution in [-0.2, 0) is 4.74 Å². The molecule has 2 atom stereocenters. The maximum absolute atomic E-state index is 6.24. The lowest BCUT2D eigenvalue weighted by Crippen LogP contribution is -2.34. The number of nitrogens with one attached hydrogen (secondary N) is 1. The van der Waals surface area contributed by atoms with E-state index in [4.69, 9.17) is 31.5 Å². The first kappa shape index (κ1) is 15.4. The highest BCUT2D eigenvalue weighted by atomic mass is 35.5. The summed E-state index contributed by atoms with van der Waals surface area (Å²) in [6.07, 6.45) is 0.122. The van der Waals surface area contributed by atoms with Gasteiger partial charge in [-0.1, -0.05) is 11.6 Å². The molecule has 0 radical (unpaired) electrons. The second-order valence-corrected chi connectivity index (χ2v) is 5.18. The topological polar surface area (TPSA) is 65.7 Å². The van der Waals surface area contributed by atoms with Crippen LogP contribution < -0.4 is 20.5 Å². The number of methoxy groups -OCH3 is 1. The van der Waals surface area contributed by atoms with Gasteiger partial charge in [0.05, 0.1) is 11.1 Å². The number of halogens is 1. The molecule has 1 heterocycles. The fraction of sp³-hybridized carbons (Fsp3) is 0.571. The lowest BCUT2D eigenvalue weighted by atomic mass is 10.1. The predicted octanol–water partition coefficient (Wildman–Crippen LogP) is 1.74. The molecule has 3 N–H and O–H groups in total. The average Bonchev–Trinajstić information content (AvgIpc) is 2.47. The van der Waals surface area contributed by atoms with Gasteiger partial charge in [-0.05, 0) is 24.6 Å². The first-order chi connectivity index (χ1) is 9.65. The molecule has 2 rings (SSSR count). The maximum atomic E-state index is 6.24. The second kappa shape index (κ2) is 7.13. The van der Waals surface area contributed by atoms with E-state index >= 15 is 0 Å². The number of hydrogen-bond acceptors (Lipinski definition) is 5. The molecular formula is C14H21ClN2O3. The Morgan fingerprint density at radius 3 is 2.85 bits per heavy atom. The normalized spacial score (nSPS) is 16.8. The van der Waals surface area contributed by atoms with Gasteiger partial charge in [-0.2, -0.15) is 0 Å². The molecule has 1 aliphatic rings. The Kier molecular flexibility index (Phi) is 5.48. The standard InChI is InChI=1S/C14H21ClN2O3/c1-9(18-2)8-17-12(7-16)10-5-11(15)14-13(6-10)19-3-4-20-14/h5-6,9,12,17H,3-4,7-8,16H2,1-2H3. The van der Waals surface area contributed by atoms with Crippen LogP contribution in [0.3, 0.4) is 0 Å². The Morgan fingerprint density at radius 2 is 2.15 bits per heavy atom. The summed E-state index contributed by atoms with van der Waals surface area (Å²) >= 11 is 6.24. The molecule has 1 aliphatic heterocycles. The second-order valence-electron chi connectivity index (χ2n) is 4.77. The van der Waals surface area contributed by atoms with E-state index in [9.17, 15) is 0 Å². The largest absolute Gasteiger partial charge is 0.486 e. The molecule has 0 amide bonds. The number of ether oxygens (including phenoxy) is 3. The minimum Gasteiger partial charge on any atom is -0.486 e. The van der Waals surface area contributed by atoms with E-state index in [-0.39, 0.29) is 12.1 Å². The molecule has 0 aliphatic carbocycles. The Balaban J connectivity index is 2.15. The van der Waals surface area contributed by atoms with Crippen LogP contribution in [0.1, 0.15) is 18.5 Å². The molecule has 5 nitrogen and oxygen atoms in total. The van der Waals surface area contributed by atoms with E-state index in [1.165, 1.54) is 0 Å². The van der Waals surface area contributed by atoms with Crippen molar-refractivity contribution in [3.05, 3.63) is 22.7 Å². The molecule has 0 saturated carbocycles. The third-order valence-corrected chi connectivity index (χ3v) is 3.59. The zero-order valence-electron chi connectivity index (χ0n) is 11.8. The molecule has 6 heteroatoms. The molecule has 0 fully saturated rings. The van der Waals surface area contributed by atoms with E-state index in [1.807, 2.05) is 19.1 Å². The van der Waals surface area contributed by atoms with Crippen molar-refractivity contribution >= 4 is 11.6 Å². The van der Waals surface area contributed by atoms with E-state index in [2.05, 4.69) is 5.32 Å². The summed E-state index contributed by atoms with van der Waals surface area (Å²) in [5, 5.41) is 3.92. The lowest BCUT2D eigenvalue weighted by molar-refractivity contribution is 0.114. The molecule has 0 saturated heterocycles. The van der Waals surface area contributed by atoms with Crippen molar-refractivity contribution in [3.63, 3.8) is 0 Å². The smallest absolute Gasteiger partial charge is 0.179 e. The Bertz CT molecular complexity index is 456. The van der Waals surface area contributed by atoms with Crippen molar-refractivity contribution in [1.82, 2.24) is 5.32 Å². The fourth-order valence-electron chi connectivity index (χ4n) is 2.06. The quantitative estimate of drug-likeness (QED) is 0.838. The summed E-state index contributed by atoms with van der Waals surface area (Å²) in [4.78, 5) is 0. The molecule has 2 unspecified atom stereocenters. The third-order valence-electron chi connectivity index (χ3n) is 3.31. The zero-order valence-corrected chi connectivity index (χ0v) is 12.6. The number of hydrogen-bond donors (Lipinski definition) is 2. The van der Waals surface area contributed by atoms with Crippen LogP contribution in [0.2, 0.25) is 5.02 Å². The van der Waals surface area contributed by atoms with Gasteiger partial charge in [0.1, 0.15) is 13.2 Å². The monoisotopic (exact) mass is 300 g/mol. The molecule has 1 aromatic carbocycles. The van der Waals surface area contributed by atoms with Crippen molar-refractivity contribution in [2.45, 2.75) is 19.1 Å². The van der Waals surface area contributed by atoms with E-state index in [0.717, 1.165) is 5.56 Å². The van der Waals surface area contributed by atoms with Crippen LogP contribution in [0.25, 0.3) is 0 Å². The molecule has 0 aromatic heterocycles. The van der Waals surface area contributed by atoms with Crippen molar-refractivity contribution in [2.24, 2.45) is 5.73 Å². The van der Waals surface area contributed by atoms with Gasteiger partial charge in [-0.25, -0.2) is 0 Å². The van der Waals surface area contributed by atoms with Crippen LogP contribution in [0.4, 0.5) is 0 Å². The predicted molar refractivity (Wildman–Crippen MR) is 78.7 cm³/mol. The molecule has 0 spiro atoms. The zero-order chi connectivity index (χ0) is 14.5. The van der Waals surface area contributed by atoms with E-state index < -0.39 is 0 Å². The van der Waals surface area contributed by atoms with Gasteiger partial charge >= 0.3 is 0 Å². The Labute approximate surface area is 124 Å². The van der Waals surface area contributed by atoms with Crippen LogP contribution >= 0.6 is 11.6 Å². The van der Waals surface area contributed by atoms with Gasteiger partial charge in [0, 0.05) is 26.2 Å². The van der Waals surface area contributed by atoms with Gasteiger partial charge in [-0.3, -0.25) is 0 Å². The highest BCUT2D eigenvalue weighted by Crippen LogP contribution is 2.39. The van der Waals surface area contributed by atoms with Crippen molar-refractivity contribution < 1.29 is 14.2 Å². The Hall–Kier alpha value is -1.01. The molecule has 20 heavy (non-hydrogen) atoms. The number of benzene rings is 1. The fourth-order valence-corrected chi connectivity index (χ4v) is 2.33. The average molecular weight is 301 g/mol. The van der Waals surface area contributed by atoms with Crippen LogP contribution in [-0.4, -0.2) is 39.5 Å². The molecule has 1 aromatic rings. The highest BCUT2D eigenvalue weighted by molar-refractivity contribution is 6.32. The van der Waals surface area contributed by atoms with Gasteiger partial charge < -0.3 is 25.3 Å². The first-order valence-corrected chi connectivity index (χ1v) is 7.08. The summed E-state index contributed by atoms with van der Waals surface area (Å²) < 4.78 is 16.3. The van der Waals surface area contributed by atoms with E-state index in [0.29, 0.717) is 42.8 Å². The Morgan fingerprint density at radius 1 is 1.40 bits per heavy atom. The number of rotatable bonds is 6. The minimum atomic E-state index is 0.000858. The minimum absolute atomic E-state index is 0.000858. The van der Waals surface area contributed by atoms with Crippen molar-refractivity contribution in [3.8, 4) is 11.5 Å². The van der Waals surface area contributed by atoms with Gasteiger partial charge in [0.2, 0.25) is 0 Å². The summed E-state index contributed by atoms with van der Waals surface area (Å²) in [5.74, 6) is 1.29. The van der Waals surface area contributed by atoms with E-state index in [1.54, 1.807) is 7.11 Å². The van der Waals surface area contributed by atoms with Crippen LogP contribution in [0, 0.1) is 0 Å². The first-order valence-electron chi connectivity index (χ1n) is 6.71. The SMILES string of the molecule is COC(C)CNC(CN)c1cc(Cl)c2c(c1)OCCO2. The maximum Gasteiger partial charge on any atom is 0.179 e. The van der Waals surface area contributed by atoms with Crippen molar-refractivity contribution in [2.75, 3.05) is 33.4 Å². The summed E-state index contributed by atoms with van der Waals surface area (Å²) in [7, 11) is 1.69. The highest BCUT2D eigenvalue weighted by Gasteiger charge is 2.20. The van der Waals surface area contributed by atoms with Gasteiger partial charge in [-0.15, -0.1) is 0 Å². The molecule has 0 bridgehead atoms. The third kappa shape index (κ3) is 3.55. The number of nitrogens with two attached hydrogens (primary N) is 1. The van der Waals surface area contributed by atoms with Gasteiger partial charge in [0.15, 0.2) is 11.5 Å². The van der Waals surface area contributed by atoms with Crippen LogP contribution in [0.15, 0.2) is 12.1 Å². The van der Waals surface area contributed by atoms with Gasteiger partial charge in [0.25, 0.3) is 0 Å². The summed E-state index contributed by atoms with van der Waals surface area (Å²) in [5.41, 5.74) is 6.83. The number of fused-ring (bicyclic) bond motifs is 1. The lowest BCUT2D eigenvalue weighted by Gasteiger charge is -2.24. The summed E-state index contributed by atoms with van der Waals surface area (Å²) in [6, 6.07) is 3.81. The molecule has 112 valence electrons. The summed E-state index contributed by atoms with van der Waals surface area (Å²) in [6.45, 7) is 4.23. The molecular weight excluding hydrogens is 280 g/mol. The van der Waals surface area contributed by atoms with Crippen LogP contribution in [0.5, 0.6) is 11.5 Å².